The second-order valence-electron chi connectivity index (χ2n) is 4.23. The van der Waals surface area contributed by atoms with Gasteiger partial charge in [0.15, 0.2) is 0 Å². The molecule has 0 aliphatic heterocycles. The molecule has 2 nitrogen and oxygen atoms in total. The Hall–Kier alpha value is -1.07. The lowest BCUT2D eigenvalue weighted by Crippen LogP contribution is -2.24. The van der Waals surface area contributed by atoms with Crippen molar-refractivity contribution >= 4 is 40.1 Å². The van der Waals surface area contributed by atoms with E-state index < -0.39 is 0 Å². The molecule has 0 heterocycles. The van der Waals surface area contributed by atoms with Gasteiger partial charge in [0.1, 0.15) is 0 Å². The van der Waals surface area contributed by atoms with Gasteiger partial charge in [-0.05, 0) is 58.8 Å². The Morgan fingerprint density at radius 3 is 2.74 bits per heavy atom. The summed E-state index contributed by atoms with van der Waals surface area (Å²) in [7, 11) is 0. The normalized spacial score (nSPS) is 10.3. The molecule has 0 fully saturated rings. The third kappa shape index (κ3) is 3.70. The van der Waals surface area contributed by atoms with Crippen molar-refractivity contribution < 1.29 is 4.79 Å². The van der Waals surface area contributed by atoms with Gasteiger partial charge in [0.2, 0.25) is 0 Å². The summed E-state index contributed by atoms with van der Waals surface area (Å²) in [4.78, 5) is 12.1. The molecule has 0 saturated carbocycles. The smallest absolute Gasteiger partial charge is 0.252 e. The van der Waals surface area contributed by atoms with E-state index in [1.807, 2.05) is 37.3 Å². The van der Waals surface area contributed by atoms with Crippen molar-refractivity contribution in [1.82, 2.24) is 5.32 Å². The van der Waals surface area contributed by atoms with Crippen LogP contribution in [-0.2, 0) is 6.54 Å². The van der Waals surface area contributed by atoms with E-state index in [2.05, 4.69) is 27.9 Å². The van der Waals surface area contributed by atoms with Crippen molar-refractivity contribution in [2.75, 3.05) is 0 Å². The molecule has 0 radical (unpaired) electrons. The Labute approximate surface area is 131 Å². The fraction of sp³-hybridized carbons (Fsp3) is 0.133. The van der Waals surface area contributed by atoms with Crippen LogP contribution in [0.15, 0.2) is 42.5 Å². The lowest BCUT2D eigenvalue weighted by Gasteiger charge is -2.09. The molecule has 0 aromatic heterocycles. The highest BCUT2D eigenvalue weighted by molar-refractivity contribution is 14.1. The number of rotatable bonds is 3. The number of hydrogen-bond donors (Lipinski definition) is 1. The molecule has 0 aliphatic rings. The third-order valence-electron chi connectivity index (χ3n) is 2.87. The number of carbonyl (C=O) groups is 1. The van der Waals surface area contributed by atoms with Crippen LogP contribution in [0.4, 0.5) is 0 Å². The molecular weight excluding hydrogens is 373 g/mol. The van der Waals surface area contributed by atoms with Crippen LogP contribution in [0, 0.1) is 10.5 Å². The first kappa shape index (κ1) is 14.3. The number of aryl methyl sites for hydroxylation is 1. The van der Waals surface area contributed by atoms with Crippen molar-refractivity contribution in [3.63, 3.8) is 0 Å². The molecule has 0 unspecified atom stereocenters. The molecule has 0 saturated heterocycles. The van der Waals surface area contributed by atoms with E-state index in [-0.39, 0.29) is 5.91 Å². The zero-order valence-corrected chi connectivity index (χ0v) is 13.3. The minimum absolute atomic E-state index is 0.102. The van der Waals surface area contributed by atoms with Gasteiger partial charge in [0.05, 0.1) is 5.56 Å². The number of nitrogens with one attached hydrogen (secondary N) is 1. The van der Waals surface area contributed by atoms with Crippen molar-refractivity contribution in [3.8, 4) is 0 Å². The predicted molar refractivity (Wildman–Crippen MR) is 86.5 cm³/mol. The van der Waals surface area contributed by atoms with Crippen LogP contribution in [0.3, 0.4) is 0 Å². The first-order chi connectivity index (χ1) is 9.08. The average Bonchev–Trinajstić information content (AvgIpc) is 2.40. The summed E-state index contributed by atoms with van der Waals surface area (Å²) in [6.07, 6.45) is 0. The van der Waals surface area contributed by atoms with E-state index in [4.69, 9.17) is 11.6 Å². The number of benzene rings is 2. The molecule has 19 heavy (non-hydrogen) atoms. The highest BCUT2D eigenvalue weighted by Gasteiger charge is 2.10. The summed E-state index contributed by atoms with van der Waals surface area (Å²) >= 11 is 8.05. The molecule has 0 bridgehead atoms. The van der Waals surface area contributed by atoms with E-state index in [1.165, 1.54) is 5.56 Å². The van der Waals surface area contributed by atoms with Crippen molar-refractivity contribution in [1.29, 1.82) is 0 Å². The van der Waals surface area contributed by atoms with E-state index >= 15 is 0 Å². The second-order valence-corrected chi connectivity index (χ2v) is 5.83. The molecule has 98 valence electrons. The van der Waals surface area contributed by atoms with Crippen LogP contribution < -0.4 is 5.32 Å². The third-order valence-corrected chi connectivity index (χ3v) is 4.05. The Morgan fingerprint density at radius 1 is 1.26 bits per heavy atom. The molecule has 2 aromatic carbocycles. The molecule has 2 rings (SSSR count). The Kier molecular flexibility index (Phi) is 4.82. The summed E-state index contributed by atoms with van der Waals surface area (Å²) in [6.45, 7) is 2.55. The first-order valence-corrected chi connectivity index (χ1v) is 7.31. The van der Waals surface area contributed by atoms with Gasteiger partial charge in [-0.15, -0.1) is 0 Å². The van der Waals surface area contributed by atoms with Crippen LogP contribution in [-0.4, -0.2) is 5.91 Å². The number of carbonyl (C=O) groups excluding carboxylic acids is 1. The largest absolute Gasteiger partial charge is 0.348 e. The van der Waals surface area contributed by atoms with Gasteiger partial charge in [-0.1, -0.05) is 35.9 Å². The number of hydrogen-bond acceptors (Lipinski definition) is 1. The molecule has 2 aromatic rings. The van der Waals surface area contributed by atoms with E-state index in [0.29, 0.717) is 17.1 Å². The van der Waals surface area contributed by atoms with Gasteiger partial charge in [0.25, 0.3) is 5.91 Å². The summed E-state index contributed by atoms with van der Waals surface area (Å²) in [5, 5.41) is 3.49. The van der Waals surface area contributed by atoms with Crippen molar-refractivity contribution in [3.05, 3.63) is 67.7 Å². The lowest BCUT2D eigenvalue weighted by molar-refractivity contribution is 0.0950. The first-order valence-electron chi connectivity index (χ1n) is 5.85. The summed E-state index contributed by atoms with van der Waals surface area (Å²) in [5.74, 6) is -0.102. The monoisotopic (exact) mass is 385 g/mol. The summed E-state index contributed by atoms with van der Waals surface area (Å²) in [6, 6.07) is 13.3. The maximum absolute atomic E-state index is 12.1. The Bertz CT molecular complexity index is 613. The average molecular weight is 386 g/mol. The predicted octanol–water partition coefficient (Wildman–Crippen LogP) is 4.18. The molecule has 1 amide bonds. The van der Waals surface area contributed by atoms with Crippen molar-refractivity contribution in [2.24, 2.45) is 0 Å². The topological polar surface area (TPSA) is 29.1 Å². The summed E-state index contributed by atoms with van der Waals surface area (Å²) in [5.41, 5.74) is 2.90. The maximum Gasteiger partial charge on any atom is 0.252 e. The fourth-order valence-electron chi connectivity index (χ4n) is 1.75. The van der Waals surface area contributed by atoms with Crippen molar-refractivity contribution in [2.45, 2.75) is 13.5 Å². The minimum Gasteiger partial charge on any atom is -0.348 e. The highest BCUT2D eigenvalue weighted by Crippen LogP contribution is 2.18. The number of halogens is 2. The lowest BCUT2D eigenvalue weighted by atomic mass is 10.1. The maximum atomic E-state index is 12.1. The van der Waals surface area contributed by atoms with Crippen LogP contribution in [0.2, 0.25) is 5.02 Å². The van der Waals surface area contributed by atoms with Gasteiger partial charge < -0.3 is 5.32 Å². The molecule has 0 spiro atoms. The Morgan fingerprint density at radius 2 is 2.00 bits per heavy atom. The van der Waals surface area contributed by atoms with Gasteiger partial charge in [-0.25, -0.2) is 0 Å². The zero-order chi connectivity index (χ0) is 13.8. The van der Waals surface area contributed by atoms with Gasteiger partial charge in [-0.3, -0.25) is 4.79 Å². The zero-order valence-electron chi connectivity index (χ0n) is 10.4. The molecule has 4 heteroatoms. The molecule has 0 atom stereocenters. The van der Waals surface area contributed by atoms with E-state index in [0.717, 1.165) is 9.13 Å². The second kappa shape index (κ2) is 6.39. The van der Waals surface area contributed by atoms with Crippen LogP contribution >= 0.6 is 34.2 Å². The van der Waals surface area contributed by atoms with Crippen LogP contribution in [0.25, 0.3) is 0 Å². The number of amides is 1. The SMILES string of the molecule is Cc1ccccc1CNC(=O)c1cc(Cl)ccc1I. The quantitative estimate of drug-likeness (QED) is 0.789. The van der Waals surface area contributed by atoms with Crippen LogP contribution in [0.1, 0.15) is 21.5 Å². The Balaban J connectivity index is 2.10. The van der Waals surface area contributed by atoms with Crippen LogP contribution in [0.5, 0.6) is 0 Å². The molecular formula is C15H13ClINO. The summed E-state index contributed by atoms with van der Waals surface area (Å²) < 4.78 is 0.893. The van der Waals surface area contributed by atoms with Gasteiger partial charge in [0, 0.05) is 15.1 Å². The molecule has 1 N–H and O–H groups in total. The molecule has 0 aliphatic carbocycles. The van der Waals surface area contributed by atoms with E-state index in [9.17, 15) is 4.79 Å². The fourth-order valence-corrected chi connectivity index (χ4v) is 2.50. The standard InChI is InChI=1S/C15H13ClINO/c1-10-4-2-3-5-11(10)9-18-15(19)13-8-12(16)6-7-14(13)17/h2-8H,9H2,1H3,(H,18,19). The highest BCUT2D eigenvalue weighted by atomic mass is 127. The minimum atomic E-state index is -0.102. The van der Waals surface area contributed by atoms with Gasteiger partial charge in [-0.2, -0.15) is 0 Å². The van der Waals surface area contributed by atoms with E-state index in [1.54, 1.807) is 12.1 Å². The van der Waals surface area contributed by atoms with Gasteiger partial charge >= 0.3 is 0 Å².